The van der Waals surface area contributed by atoms with E-state index in [1.54, 1.807) is 12.2 Å². The summed E-state index contributed by atoms with van der Waals surface area (Å²) >= 11 is 0. The Morgan fingerprint density at radius 3 is 0.913 bits per heavy atom. The van der Waals surface area contributed by atoms with Crippen molar-refractivity contribution in [2.45, 2.75) is 290 Å². The van der Waals surface area contributed by atoms with Gasteiger partial charge in [0.1, 0.15) is 19.3 Å². The molecule has 0 radical (unpaired) electrons. The van der Waals surface area contributed by atoms with E-state index in [1.165, 1.54) is 38.5 Å². The van der Waals surface area contributed by atoms with E-state index < -0.39 is 97.5 Å². The van der Waals surface area contributed by atoms with Crippen LogP contribution in [0.1, 0.15) is 272 Å². The first-order valence-electron chi connectivity index (χ1n) is 39.0. The van der Waals surface area contributed by atoms with Gasteiger partial charge in [-0.2, -0.15) is 0 Å². The summed E-state index contributed by atoms with van der Waals surface area (Å²) in [6, 6.07) is 0. The van der Waals surface area contributed by atoms with Crippen LogP contribution in [0.5, 0.6) is 0 Å². The van der Waals surface area contributed by atoms with Gasteiger partial charge in [0.15, 0.2) is 12.2 Å². The molecule has 0 saturated carbocycles. The maximum Gasteiger partial charge on any atom is 0.472 e. The molecule has 0 aliphatic carbocycles. The van der Waals surface area contributed by atoms with Crippen molar-refractivity contribution in [3.8, 4) is 0 Å². The van der Waals surface area contributed by atoms with Crippen LogP contribution in [0.4, 0.5) is 0 Å². The molecular formula is C85H136O17P2. The highest BCUT2D eigenvalue weighted by Gasteiger charge is 2.30. The Morgan fingerprint density at radius 1 is 0.288 bits per heavy atom. The zero-order valence-electron chi connectivity index (χ0n) is 64.1. The summed E-state index contributed by atoms with van der Waals surface area (Å²) in [5.41, 5.74) is 0. The van der Waals surface area contributed by atoms with Crippen LogP contribution < -0.4 is 0 Å². The molecule has 0 rings (SSSR count). The molecule has 19 heteroatoms. The summed E-state index contributed by atoms with van der Waals surface area (Å²) in [6.45, 7) is 4.28. The predicted octanol–water partition coefficient (Wildman–Crippen LogP) is 22.8. The van der Waals surface area contributed by atoms with Crippen LogP contribution in [-0.4, -0.2) is 96.7 Å². The van der Waals surface area contributed by atoms with Gasteiger partial charge in [0, 0.05) is 19.3 Å². The summed E-state index contributed by atoms with van der Waals surface area (Å²) in [5.74, 6) is -2.45. The molecule has 0 heterocycles. The molecule has 0 aliphatic rings. The van der Waals surface area contributed by atoms with E-state index in [1.807, 2.05) is 30.4 Å². The SMILES string of the molecule is CC/C=C\C/C=C\C/C=C\C/C=C\C/C=C\C/C=C\CCC(=O)OCC(COP(=O)(O)OCC(O)COP(=O)(O)OCC(COC(=O)CCCCCCCC/C=C\C/C=C\C/C=C\C/C=C\CC)OC(=O)CCCCCCCCCCCCC)OC(=O)C/C=C\C/C=C\C/C=C\C/C=C\C/C=C\CC. The maximum absolute atomic E-state index is 13.1. The number of carbonyl (C=O) groups excluding carboxylic acids is 4. The lowest BCUT2D eigenvalue weighted by molar-refractivity contribution is -0.161. The molecule has 104 heavy (non-hydrogen) atoms. The number of ether oxygens (including phenoxy) is 4. The lowest BCUT2D eigenvalue weighted by atomic mass is 10.1. The van der Waals surface area contributed by atoms with Crippen molar-refractivity contribution in [2.75, 3.05) is 39.6 Å². The molecule has 0 aliphatic heterocycles. The van der Waals surface area contributed by atoms with Crippen LogP contribution in [0.25, 0.3) is 0 Å². The van der Waals surface area contributed by atoms with E-state index >= 15 is 0 Å². The molecule has 3 N–H and O–H groups in total. The number of phosphoric ester groups is 2. The number of carbonyl (C=O) groups is 4. The highest BCUT2D eigenvalue weighted by atomic mass is 31.2. The summed E-state index contributed by atoms with van der Waals surface area (Å²) in [7, 11) is -10.0. The topological polar surface area (TPSA) is 237 Å². The number of aliphatic hydroxyl groups excluding tert-OH is 1. The van der Waals surface area contributed by atoms with Crippen molar-refractivity contribution >= 4 is 39.5 Å². The Labute approximate surface area is 628 Å². The lowest BCUT2D eigenvalue weighted by Crippen LogP contribution is -2.30. The van der Waals surface area contributed by atoms with E-state index in [9.17, 15) is 43.2 Å². The number of aliphatic hydroxyl groups is 1. The zero-order chi connectivity index (χ0) is 76.0. The molecule has 0 amide bonds. The van der Waals surface area contributed by atoms with Crippen LogP contribution in [-0.2, 0) is 65.4 Å². The first-order chi connectivity index (χ1) is 50.7. The van der Waals surface area contributed by atoms with Crippen LogP contribution >= 0.6 is 15.6 Å². The molecule has 0 aromatic rings. The van der Waals surface area contributed by atoms with Crippen molar-refractivity contribution in [3.05, 3.63) is 182 Å². The molecule has 0 spiro atoms. The van der Waals surface area contributed by atoms with Crippen molar-refractivity contribution in [3.63, 3.8) is 0 Å². The van der Waals surface area contributed by atoms with Gasteiger partial charge in [-0.1, -0.05) is 300 Å². The Bertz CT molecular complexity index is 2690. The third kappa shape index (κ3) is 74.4. The first-order valence-corrected chi connectivity index (χ1v) is 42.0. The molecule has 17 nitrogen and oxygen atoms in total. The predicted molar refractivity (Wildman–Crippen MR) is 426 cm³/mol. The van der Waals surface area contributed by atoms with Gasteiger partial charge < -0.3 is 33.8 Å². The summed E-state index contributed by atoms with van der Waals surface area (Å²) < 4.78 is 68.3. The standard InChI is InChI=1S/C85H136O17P2/c1-5-9-13-17-21-25-29-32-35-37-39-41-44-46-50-53-57-61-65-69-82(87)95-75-80(101-84(89)71-67-63-59-55-49-28-24-20-16-12-8-4)77-99-103(91,92)97-73-79(86)74-98-104(93,94)100-78-81(102-85(90)72-68-64-60-56-52-48-43-34-31-27-23-19-15-11-7-3)76-96-83(88)70-66-62-58-54-51-47-45-42-40-38-36-33-30-26-22-18-14-10-6-2/h9-11,13-15,21-23,25-27,32-36,39-43,47,51-52,56,58,62,64,68,79-81,86H,5-8,12,16-20,24,28-31,37-38,44-46,48-50,53-55,57,59-61,63,65-67,69-78H2,1-4H3,(H,91,92)(H,93,94)/b13-9-,14-10-,15-11-,25-21-,26-22-,27-23-,35-32-,36-33-,41-39-,42-40-,43-34-,51-47-,56-52-,62-58-,68-64-. The maximum atomic E-state index is 13.1. The molecule has 0 bridgehead atoms. The largest absolute Gasteiger partial charge is 0.472 e. The van der Waals surface area contributed by atoms with Crippen molar-refractivity contribution < 1.29 is 80.2 Å². The number of hydrogen-bond donors (Lipinski definition) is 3. The fourth-order valence-electron chi connectivity index (χ4n) is 9.61. The minimum Gasteiger partial charge on any atom is -0.462 e. The highest BCUT2D eigenvalue weighted by Crippen LogP contribution is 2.45. The van der Waals surface area contributed by atoms with Gasteiger partial charge in [0.25, 0.3) is 0 Å². The van der Waals surface area contributed by atoms with Crippen LogP contribution in [0, 0.1) is 0 Å². The second-order valence-corrected chi connectivity index (χ2v) is 28.1. The second kappa shape index (κ2) is 75.4. The van der Waals surface area contributed by atoms with E-state index in [0.29, 0.717) is 32.1 Å². The highest BCUT2D eigenvalue weighted by molar-refractivity contribution is 7.47. The van der Waals surface area contributed by atoms with Gasteiger partial charge in [-0.25, -0.2) is 9.13 Å². The Morgan fingerprint density at radius 2 is 0.558 bits per heavy atom. The van der Waals surface area contributed by atoms with Crippen LogP contribution in [0.2, 0.25) is 0 Å². The fraction of sp³-hybridized carbons (Fsp3) is 0.600. The van der Waals surface area contributed by atoms with Crippen LogP contribution in [0.15, 0.2) is 182 Å². The molecule has 0 aromatic heterocycles. The fourth-order valence-corrected chi connectivity index (χ4v) is 11.2. The average Bonchev–Trinajstić information content (AvgIpc) is 0.929. The van der Waals surface area contributed by atoms with E-state index in [0.717, 1.165) is 148 Å². The number of allylic oxidation sites excluding steroid dienone is 29. The Hall–Kier alpha value is -5.84. The third-order valence-electron chi connectivity index (χ3n) is 15.4. The number of esters is 4. The van der Waals surface area contributed by atoms with Gasteiger partial charge in [-0.3, -0.25) is 37.3 Å². The first kappa shape index (κ1) is 98.2. The van der Waals surface area contributed by atoms with Crippen LogP contribution in [0.3, 0.4) is 0 Å². The van der Waals surface area contributed by atoms with Crippen molar-refractivity contribution in [1.82, 2.24) is 0 Å². The van der Waals surface area contributed by atoms with Crippen molar-refractivity contribution in [2.24, 2.45) is 0 Å². The monoisotopic (exact) mass is 1490 g/mol. The van der Waals surface area contributed by atoms with E-state index in [-0.39, 0.29) is 25.7 Å². The van der Waals surface area contributed by atoms with E-state index in [4.69, 9.17) is 37.0 Å². The van der Waals surface area contributed by atoms with Crippen molar-refractivity contribution in [1.29, 1.82) is 0 Å². The van der Waals surface area contributed by atoms with Gasteiger partial charge in [-0.05, 0) is 128 Å². The number of unbranched alkanes of at least 4 members (excludes halogenated alkanes) is 16. The quantitative estimate of drug-likeness (QED) is 0.0169. The molecule has 0 aromatic carbocycles. The minimum absolute atomic E-state index is 0.0101. The molecule has 5 unspecified atom stereocenters. The summed E-state index contributed by atoms with van der Waals surface area (Å²) in [5, 5.41) is 10.6. The lowest BCUT2D eigenvalue weighted by Gasteiger charge is -2.21. The summed E-state index contributed by atoms with van der Waals surface area (Å²) in [4.78, 5) is 72.8. The molecular weight excluding hydrogens is 1350 g/mol. The average molecular weight is 1490 g/mol. The minimum atomic E-state index is -5.02. The van der Waals surface area contributed by atoms with Gasteiger partial charge in [-0.15, -0.1) is 0 Å². The number of phosphoric acid groups is 2. The molecule has 0 saturated heterocycles. The smallest absolute Gasteiger partial charge is 0.462 e. The van der Waals surface area contributed by atoms with E-state index in [2.05, 4.69) is 167 Å². The van der Waals surface area contributed by atoms with Gasteiger partial charge >= 0.3 is 39.5 Å². The Kier molecular flexibility index (Phi) is 71.2. The van der Waals surface area contributed by atoms with Gasteiger partial charge in [0.2, 0.25) is 0 Å². The number of hydrogen-bond acceptors (Lipinski definition) is 15. The number of rotatable bonds is 71. The molecule has 0 fully saturated rings. The molecule has 5 atom stereocenters. The molecule has 588 valence electrons. The summed E-state index contributed by atoms with van der Waals surface area (Å²) in [6.07, 6.45) is 90.7. The second-order valence-electron chi connectivity index (χ2n) is 25.2. The zero-order valence-corrected chi connectivity index (χ0v) is 65.9. The third-order valence-corrected chi connectivity index (χ3v) is 17.3. The van der Waals surface area contributed by atoms with Gasteiger partial charge in [0.05, 0.1) is 32.8 Å². The normalized spacial score (nSPS) is 14.9. The Balaban J connectivity index is 5.47.